The lowest BCUT2D eigenvalue weighted by molar-refractivity contribution is -0.125. The van der Waals surface area contributed by atoms with Crippen LogP contribution < -0.4 is 5.32 Å². The summed E-state index contributed by atoms with van der Waals surface area (Å²) >= 11 is 0. The minimum absolute atomic E-state index is 0.0118. The number of hydrogen-bond donors (Lipinski definition) is 2. The Morgan fingerprint density at radius 1 is 1.22 bits per heavy atom. The molecule has 0 aromatic carbocycles. The lowest BCUT2D eigenvalue weighted by Gasteiger charge is -2.36. The second-order valence-corrected chi connectivity index (χ2v) is 5.26. The van der Waals surface area contributed by atoms with Crippen molar-refractivity contribution in [2.24, 2.45) is 0 Å². The summed E-state index contributed by atoms with van der Waals surface area (Å²) in [4.78, 5) is 11.8. The first kappa shape index (κ1) is 15.4. The number of hydrogen-bond acceptors (Lipinski definition) is 3. The Bertz CT molecular complexity index is 237. The van der Waals surface area contributed by atoms with Crippen LogP contribution >= 0.6 is 0 Å². The summed E-state index contributed by atoms with van der Waals surface area (Å²) in [5, 5.41) is 12.5. The molecule has 1 rings (SSSR count). The van der Waals surface area contributed by atoms with Crippen LogP contribution in [-0.2, 0) is 9.53 Å². The van der Waals surface area contributed by atoms with Crippen molar-refractivity contribution >= 4 is 5.91 Å². The van der Waals surface area contributed by atoms with Gasteiger partial charge in [-0.15, -0.1) is 0 Å². The topological polar surface area (TPSA) is 58.6 Å². The fourth-order valence-corrected chi connectivity index (χ4v) is 2.33. The zero-order valence-electron chi connectivity index (χ0n) is 11.5. The monoisotopic (exact) mass is 257 g/mol. The van der Waals surface area contributed by atoms with Crippen LogP contribution in [0, 0.1) is 0 Å². The van der Waals surface area contributed by atoms with Crippen molar-refractivity contribution in [2.75, 3.05) is 19.8 Å². The third-order valence-corrected chi connectivity index (χ3v) is 3.66. The normalized spacial score (nSPS) is 18.6. The lowest BCUT2D eigenvalue weighted by atomic mass is 9.90. The summed E-state index contributed by atoms with van der Waals surface area (Å²) in [6.45, 7) is 3.44. The molecule has 2 N–H and O–H groups in total. The van der Waals surface area contributed by atoms with Crippen LogP contribution in [0.2, 0.25) is 0 Å². The molecule has 18 heavy (non-hydrogen) atoms. The Labute approximate surface area is 110 Å². The average Bonchev–Trinajstić information content (AvgIpc) is 2.39. The minimum Gasteiger partial charge on any atom is -0.394 e. The molecular formula is C14H27NO3. The maximum absolute atomic E-state index is 11.8. The van der Waals surface area contributed by atoms with E-state index in [4.69, 9.17) is 4.74 Å². The van der Waals surface area contributed by atoms with E-state index in [-0.39, 0.29) is 12.5 Å². The van der Waals surface area contributed by atoms with Gasteiger partial charge in [0.05, 0.1) is 12.1 Å². The predicted molar refractivity (Wildman–Crippen MR) is 71.4 cm³/mol. The molecule has 1 aliphatic rings. The van der Waals surface area contributed by atoms with Crippen LogP contribution in [0.25, 0.3) is 0 Å². The molecule has 0 radical (unpaired) electrons. The van der Waals surface area contributed by atoms with E-state index in [1.54, 1.807) is 0 Å². The quantitative estimate of drug-likeness (QED) is 0.654. The van der Waals surface area contributed by atoms with Gasteiger partial charge in [-0.05, 0) is 19.3 Å². The Morgan fingerprint density at radius 2 is 1.89 bits per heavy atom. The highest BCUT2D eigenvalue weighted by Crippen LogP contribution is 2.20. The maximum Gasteiger partial charge on any atom is 0.220 e. The molecule has 1 saturated heterocycles. The first-order valence-electron chi connectivity index (χ1n) is 7.22. The first-order valence-corrected chi connectivity index (χ1v) is 7.22. The fourth-order valence-electron chi connectivity index (χ4n) is 2.33. The van der Waals surface area contributed by atoms with Crippen LogP contribution in [-0.4, -0.2) is 36.4 Å². The highest BCUT2D eigenvalue weighted by molar-refractivity contribution is 5.76. The van der Waals surface area contributed by atoms with Gasteiger partial charge in [0.2, 0.25) is 5.91 Å². The molecule has 1 heterocycles. The molecule has 0 unspecified atom stereocenters. The Balaban J connectivity index is 2.20. The molecule has 1 aliphatic heterocycles. The SMILES string of the molecule is CCCCCCCC(=O)NC1(CO)CCOCC1. The van der Waals surface area contributed by atoms with Gasteiger partial charge in [0.15, 0.2) is 0 Å². The largest absolute Gasteiger partial charge is 0.394 e. The second-order valence-electron chi connectivity index (χ2n) is 5.26. The van der Waals surface area contributed by atoms with E-state index in [9.17, 15) is 9.90 Å². The molecule has 0 aromatic rings. The molecule has 106 valence electrons. The smallest absolute Gasteiger partial charge is 0.220 e. The summed E-state index contributed by atoms with van der Waals surface area (Å²) in [5.74, 6) is 0.0717. The van der Waals surface area contributed by atoms with Crippen molar-refractivity contribution in [3.63, 3.8) is 0 Å². The zero-order chi connectivity index (χ0) is 13.3. The van der Waals surface area contributed by atoms with Crippen molar-refractivity contribution in [1.29, 1.82) is 0 Å². The van der Waals surface area contributed by atoms with E-state index < -0.39 is 5.54 Å². The molecule has 0 aliphatic carbocycles. The summed E-state index contributed by atoms with van der Waals surface area (Å²) < 4.78 is 5.27. The number of aliphatic hydroxyl groups excluding tert-OH is 1. The van der Waals surface area contributed by atoms with Gasteiger partial charge >= 0.3 is 0 Å². The highest BCUT2D eigenvalue weighted by Gasteiger charge is 2.33. The number of carbonyl (C=O) groups excluding carboxylic acids is 1. The van der Waals surface area contributed by atoms with Crippen molar-refractivity contribution in [2.45, 2.75) is 63.8 Å². The third-order valence-electron chi connectivity index (χ3n) is 3.66. The van der Waals surface area contributed by atoms with Crippen LogP contribution in [0.15, 0.2) is 0 Å². The minimum atomic E-state index is -0.432. The summed E-state index contributed by atoms with van der Waals surface area (Å²) in [7, 11) is 0. The number of amides is 1. The van der Waals surface area contributed by atoms with Gasteiger partial charge in [0.1, 0.15) is 0 Å². The number of unbranched alkanes of at least 4 members (excludes halogenated alkanes) is 4. The number of nitrogens with one attached hydrogen (secondary N) is 1. The standard InChI is InChI=1S/C14H27NO3/c1-2-3-4-5-6-7-13(17)15-14(12-16)8-10-18-11-9-14/h16H,2-12H2,1H3,(H,15,17). The van der Waals surface area contributed by atoms with Gasteiger partial charge in [-0.1, -0.05) is 32.6 Å². The van der Waals surface area contributed by atoms with Crippen LogP contribution in [0.3, 0.4) is 0 Å². The highest BCUT2D eigenvalue weighted by atomic mass is 16.5. The molecule has 0 spiro atoms. The third kappa shape index (κ3) is 5.36. The first-order chi connectivity index (χ1) is 8.72. The number of ether oxygens (including phenoxy) is 1. The van der Waals surface area contributed by atoms with E-state index in [0.29, 0.717) is 32.5 Å². The zero-order valence-corrected chi connectivity index (χ0v) is 11.5. The molecule has 4 nitrogen and oxygen atoms in total. The molecule has 4 heteroatoms. The van der Waals surface area contributed by atoms with E-state index >= 15 is 0 Å². The number of rotatable bonds is 8. The molecule has 1 amide bonds. The molecule has 0 aromatic heterocycles. The number of carbonyl (C=O) groups is 1. The van der Waals surface area contributed by atoms with Crippen LogP contribution in [0.4, 0.5) is 0 Å². The lowest BCUT2D eigenvalue weighted by Crippen LogP contribution is -2.54. The van der Waals surface area contributed by atoms with Gasteiger partial charge in [-0.2, -0.15) is 0 Å². The average molecular weight is 257 g/mol. The summed E-state index contributed by atoms with van der Waals surface area (Å²) in [5.41, 5.74) is -0.432. The van der Waals surface area contributed by atoms with Gasteiger partial charge in [-0.3, -0.25) is 4.79 Å². The summed E-state index contributed by atoms with van der Waals surface area (Å²) in [6.07, 6.45) is 7.75. The van der Waals surface area contributed by atoms with Crippen molar-refractivity contribution in [1.82, 2.24) is 5.32 Å². The molecule has 0 atom stereocenters. The molecular weight excluding hydrogens is 230 g/mol. The van der Waals surface area contributed by atoms with E-state index in [1.807, 2.05) is 0 Å². The second kappa shape index (κ2) is 8.48. The number of aliphatic hydroxyl groups is 1. The molecule has 1 fully saturated rings. The van der Waals surface area contributed by atoms with E-state index in [2.05, 4.69) is 12.2 Å². The molecule has 0 bridgehead atoms. The Kier molecular flexibility index (Phi) is 7.28. The van der Waals surface area contributed by atoms with E-state index in [1.165, 1.54) is 19.3 Å². The van der Waals surface area contributed by atoms with Gasteiger partial charge < -0.3 is 15.2 Å². The Morgan fingerprint density at radius 3 is 2.50 bits per heavy atom. The van der Waals surface area contributed by atoms with Crippen molar-refractivity contribution in [3.8, 4) is 0 Å². The van der Waals surface area contributed by atoms with Gasteiger partial charge in [0.25, 0.3) is 0 Å². The van der Waals surface area contributed by atoms with Crippen LogP contribution in [0.5, 0.6) is 0 Å². The van der Waals surface area contributed by atoms with Gasteiger partial charge in [-0.25, -0.2) is 0 Å². The molecule has 0 saturated carbocycles. The van der Waals surface area contributed by atoms with Crippen molar-refractivity contribution in [3.05, 3.63) is 0 Å². The maximum atomic E-state index is 11.8. The van der Waals surface area contributed by atoms with Crippen molar-refractivity contribution < 1.29 is 14.6 Å². The van der Waals surface area contributed by atoms with Crippen LogP contribution in [0.1, 0.15) is 58.3 Å². The predicted octanol–water partition coefficient (Wildman–Crippen LogP) is 2.00. The van der Waals surface area contributed by atoms with Gasteiger partial charge in [0, 0.05) is 19.6 Å². The summed E-state index contributed by atoms with van der Waals surface area (Å²) in [6, 6.07) is 0. The Hall–Kier alpha value is -0.610. The van der Waals surface area contributed by atoms with E-state index in [0.717, 1.165) is 12.8 Å². The fraction of sp³-hybridized carbons (Fsp3) is 0.929.